The number of ether oxygens (including phenoxy) is 2. The van der Waals surface area contributed by atoms with Gasteiger partial charge in [-0.15, -0.1) is 11.8 Å². The van der Waals surface area contributed by atoms with Gasteiger partial charge in [0.15, 0.2) is 0 Å². The van der Waals surface area contributed by atoms with E-state index in [9.17, 15) is 9.59 Å². The van der Waals surface area contributed by atoms with E-state index in [0.717, 1.165) is 31.8 Å². The first-order chi connectivity index (χ1) is 15.4. The van der Waals surface area contributed by atoms with Crippen LogP contribution in [0.1, 0.15) is 33.6 Å². The number of esters is 1. The molecule has 6 nitrogen and oxygen atoms in total. The monoisotopic (exact) mass is 538 g/mol. The molecule has 0 N–H and O–H groups in total. The average molecular weight is 540 g/mol. The Hall–Kier alpha value is -0.860. The van der Waals surface area contributed by atoms with Crippen LogP contribution in [0.25, 0.3) is 0 Å². The summed E-state index contributed by atoms with van der Waals surface area (Å²) in [4.78, 5) is 29.7. The molecule has 1 amide bonds. The second-order valence-corrected chi connectivity index (χ2v) is 12.7. The Morgan fingerprint density at radius 2 is 1.70 bits per heavy atom. The largest absolute Gasteiger partial charge is 0.460 e. The highest BCUT2D eigenvalue weighted by Crippen LogP contribution is 2.27. The minimum atomic E-state index is -1.61. The molecular weight excluding hydrogens is 507 g/mol. The molecule has 0 saturated carbocycles. The number of alkyl halides is 3. The van der Waals surface area contributed by atoms with Crippen LogP contribution in [0.2, 0.25) is 0 Å². The van der Waals surface area contributed by atoms with Gasteiger partial charge in [0.1, 0.15) is 12.2 Å². The van der Waals surface area contributed by atoms with E-state index in [-0.39, 0.29) is 18.5 Å². The summed E-state index contributed by atoms with van der Waals surface area (Å²) in [5, 5.41) is 0. The fourth-order valence-electron chi connectivity index (χ4n) is 3.35. The quantitative estimate of drug-likeness (QED) is 0.230. The van der Waals surface area contributed by atoms with Crippen molar-refractivity contribution in [2.45, 2.75) is 47.9 Å². The molecule has 1 fully saturated rings. The Balaban J connectivity index is 1.82. The van der Waals surface area contributed by atoms with Crippen molar-refractivity contribution in [3.8, 4) is 0 Å². The lowest BCUT2D eigenvalue weighted by atomic mass is 10.0. The Labute approximate surface area is 216 Å². The number of halogens is 3. The second kappa shape index (κ2) is 13.3. The number of carbonyl (C=O) groups is 2. The number of benzene rings is 1. The molecule has 0 spiro atoms. The van der Waals surface area contributed by atoms with Crippen molar-refractivity contribution < 1.29 is 19.1 Å². The maximum atomic E-state index is 12.5. The number of amides is 1. The van der Waals surface area contributed by atoms with Crippen molar-refractivity contribution in [2.24, 2.45) is 5.92 Å². The Morgan fingerprint density at radius 1 is 1.06 bits per heavy atom. The first-order valence-corrected chi connectivity index (χ1v) is 13.1. The number of carbonyl (C=O) groups excluding carboxylic acids is 2. The first-order valence-electron chi connectivity index (χ1n) is 11.0. The minimum Gasteiger partial charge on any atom is -0.460 e. The van der Waals surface area contributed by atoms with Crippen LogP contribution >= 0.6 is 46.6 Å². The lowest BCUT2D eigenvalue weighted by Gasteiger charge is -2.35. The van der Waals surface area contributed by atoms with Crippen LogP contribution < -0.4 is 0 Å². The molecule has 1 aliphatic heterocycles. The topological polar surface area (TPSA) is 59.1 Å². The van der Waals surface area contributed by atoms with Crippen molar-refractivity contribution in [2.75, 3.05) is 45.1 Å². The van der Waals surface area contributed by atoms with Crippen LogP contribution in [-0.4, -0.2) is 76.3 Å². The molecule has 0 aromatic heterocycles. The van der Waals surface area contributed by atoms with Crippen LogP contribution in [0.4, 0.5) is 4.79 Å². The Kier molecular flexibility index (Phi) is 11.4. The predicted molar refractivity (Wildman–Crippen MR) is 135 cm³/mol. The van der Waals surface area contributed by atoms with Gasteiger partial charge in [0.25, 0.3) is 0 Å². The van der Waals surface area contributed by atoms with Gasteiger partial charge in [-0.2, -0.15) is 0 Å². The molecule has 1 saturated heterocycles. The third kappa shape index (κ3) is 12.4. The van der Waals surface area contributed by atoms with Crippen LogP contribution in [0.15, 0.2) is 35.2 Å². The van der Waals surface area contributed by atoms with Gasteiger partial charge >= 0.3 is 12.1 Å². The van der Waals surface area contributed by atoms with Crippen LogP contribution in [-0.2, 0) is 14.3 Å². The summed E-state index contributed by atoms with van der Waals surface area (Å²) in [7, 11) is 0. The summed E-state index contributed by atoms with van der Waals surface area (Å²) in [6.07, 6.45) is 0.792. The molecule has 1 atom stereocenters. The Morgan fingerprint density at radius 3 is 2.27 bits per heavy atom. The maximum absolute atomic E-state index is 12.5. The third-order valence-electron chi connectivity index (χ3n) is 4.95. The highest BCUT2D eigenvalue weighted by Gasteiger charge is 2.27. The molecule has 186 valence electrons. The standard InChI is InChI=1S/C23H33Cl3N2O4S/c1-22(2,3)32-20(29)15-18(16-33-19-7-5-4-6-8-19)9-10-27-11-13-28(14-12-27)21(30)31-17-23(24,25)26/h4-8,18H,9-17H2,1-3H3/t18-/m0/s1. The molecule has 2 rings (SSSR count). The predicted octanol–water partition coefficient (Wildman–Crippen LogP) is 5.64. The van der Waals surface area contributed by atoms with Gasteiger partial charge in [-0.1, -0.05) is 53.0 Å². The summed E-state index contributed by atoms with van der Waals surface area (Å²) in [5.74, 6) is 0.868. The fraction of sp³-hybridized carbons (Fsp3) is 0.652. The number of hydrogen-bond donors (Lipinski definition) is 0. The third-order valence-corrected chi connectivity index (χ3v) is 6.52. The van der Waals surface area contributed by atoms with E-state index in [0.29, 0.717) is 19.5 Å². The van der Waals surface area contributed by atoms with Crippen LogP contribution in [0.3, 0.4) is 0 Å². The van der Waals surface area contributed by atoms with E-state index in [4.69, 9.17) is 44.3 Å². The smallest absolute Gasteiger partial charge is 0.409 e. The average Bonchev–Trinajstić information content (AvgIpc) is 2.73. The number of hydrogen-bond acceptors (Lipinski definition) is 6. The summed E-state index contributed by atoms with van der Waals surface area (Å²) < 4.78 is 8.99. The number of thioether (sulfide) groups is 1. The summed E-state index contributed by atoms with van der Waals surface area (Å²) in [5.41, 5.74) is -0.491. The van der Waals surface area contributed by atoms with E-state index in [1.807, 2.05) is 39.0 Å². The molecule has 33 heavy (non-hydrogen) atoms. The van der Waals surface area contributed by atoms with Crippen molar-refractivity contribution in [3.63, 3.8) is 0 Å². The summed E-state index contributed by atoms with van der Waals surface area (Å²) >= 11 is 18.7. The highest BCUT2D eigenvalue weighted by atomic mass is 35.6. The van der Waals surface area contributed by atoms with E-state index < -0.39 is 15.5 Å². The lowest BCUT2D eigenvalue weighted by Crippen LogP contribution is -2.49. The zero-order valence-electron chi connectivity index (χ0n) is 19.4. The molecule has 1 heterocycles. The second-order valence-electron chi connectivity index (χ2n) is 9.07. The van der Waals surface area contributed by atoms with Crippen LogP contribution in [0.5, 0.6) is 0 Å². The van der Waals surface area contributed by atoms with Gasteiger partial charge in [-0.05, 0) is 51.8 Å². The van der Waals surface area contributed by atoms with E-state index in [1.165, 1.54) is 4.90 Å². The van der Waals surface area contributed by atoms with E-state index in [2.05, 4.69) is 17.0 Å². The minimum absolute atomic E-state index is 0.164. The molecular formula is C23H33Cl3N2O4S. The maximum Gasteiger partial charge on any atom is 0.409 e. The SMILES string of the molecule is CC(C)(C)OC(=O)C[C@H](CCN1CCN(C(=O)OCC(Cl)(Cl)Cl)CC1)CSc1ccccc1. The first kappa shape index (κ1) is 28.4. The van der Waals surface area contributed by atoms with Gasteiger partial charge in [0.05, 0.1) is 0 Å². The van der Waals surface area contributed by atoms with E-state index in [1.54, 1.807) is 16.7 Å². The molecule has 0 aliphatic carbocycles. The van der Waals surface area contributed by atoms with E-state index >= 15 is 0 Å². The number of piperazine rings is 1. The fourth-order valence-corrected chi connectivity index (χ4v) is 4.57. The molecule has 0 unspecified atom stereocenters. The molecule has 0 radical (unpaired) electrons. The zero-order valence-corrected chi connectivity index (χ0v) is 22.5. The van der Waals surface area contributed by atoms with Crippen molar-refractivity contribution in [1.82, 2.24) is 9.80 Å². The molecule has 1 aliphatic rings. The molecule has 10 heteroatoms. The number of nitrogens with zero attached hydrogens (tertiary/aromatic N) is 2. The van der Waals surface area contributed by atoms with Crippen molar-refractivity contribution in [3.05, 3.63) is 30.3 Å². The lowest BCUT2D eigenvalue weighted by molar-refractivity contribution is -0.155. The van der Waals surface area contributed by atoms with Gasteiger partial charge in [0.2, 0.25) is 3.79 Å². The normalized spacial score (nSPS) is 16.4. The number of rotatable bonds is 9. The van der Waals surface area contributed by atoms with Crippen LogP contribution in [0, 0.1) is 5.92 Å². The van der Waals surface area contributed by atoms with Gasteiger partial charge in [-0.25, -0.2) is 4.79 Å². The van der Waals surface area contributed by atoms with Crippen molar-refractivity contribution in [1.29, 1.82) is 0 Å². The summed E-state index contributed by atoms with van der Waals surface area (Å²) in [6.45, 7) is 8.79. The van der Waals surface area contributed by atoms with Gasteiger partial charge in [-0.3, -0.25) is 9.69 Å². The van der Waals surface area contributed by atoms with Gasteiger partial charge < -0.3 is 14.4 Å². The highest BCUT2D eigenvalue weighted by molar-refractivity contribution is 7.99. The zero-order chi connectivity index (χ0) is 24.5. The van der Waals surface area contributed by atoms with Gasteiger partial charge in [0, 0.05) is 43.2 Å². The molecule has 1 aromatic rings. The molecule has 1 aromatic carbocycles. The van der Waals surface area contributed by atoms with Crippen molar-refractivity contribution >= 4 is 58.6 Å². The molecule has 0 bridgehead atoms. The Bertz CT molecular complexity index is 748. The summed E-state index contributed by atoms with van der Waals surface area (Å²) in [6, 6.07) is 10.2.